The van der Waals surface area contributed by atoms with E-state index in [0.717, 1.165) is 30.6 Å². The lowest BCUT2D eigenvalue weighted by Crippen LogP contribution is -2.40. The van der Waals surface area contributed by atoms with E-state index >= 15 is 0 Å². The molecule has 6 nitrogen and oxygen atoms in total. The summed E-state index contributed by atoms with van der Waals surface area (Å²) in [5.41, 5.74) is -1.03. The Labute approximate surface area is 118 Å². The summed E-state index contributed by atoms with van der Waals surface area (Å²) in [6.45, 7) is -0.357. The maximum absolute atomic E-state index is 12.2. The first-order valence-corrected chi connectivity index (χ1v) is 6.81. The van der Waals surface area contributed by atoms with E-state index in [2.05, 4.69) is 0 Å². The molecule has 0 aromatic carbocycles. The van der Waals surface area contributed by atoms with Gasteiger partial charge in [0.25, 0.3) is 0 Å². The fourth-order valence-corrected chi connectivity index (χ4v) is 2.68. The second kappa shape index (κ2) is 7.49. The summed E-state index contributed by atoms with van der Waals surface area (Å²) < 4.78 is 0. The fraction of sp³-hybridized carbons (Fsp3) is 0.714. The van der Waals surface area contributed by atoms with Crippen molar-refractivity contribution < 1.29 is 14.7 Å². The Morgan fingerprint density at radius 3 is 1.95 bits per heavy atom. The first-order chi connectivity index (χ1) is 9.55. The van der Waals surface area contributed by atoms with E-state index in [1.54, 1.807) is 0 Å². The van der Waals surface area contributed by atoms with E-state index in [-0.39, 0.29) is 19.5 Å². The number of carboxylic acids is 1. The van der Waals surface area contributed by atoms with Gasteiger partial charge in [-0.05, 0) is 12.8 Å². The normalized spacial score (nSPS) is 17.3. The van der Waals surface area contributed by atoms with Gasteiger partial charge < -0.3 is 10.0 Å². The molecule has 1 aliphatic carbocycles. The lowest BCUT2D eigenvalue weighted by atomic mass is 9.77. The molecule has 0 spiro atoms. The maximum atomic E-state index is 12.2. The van der Waals surface area contributed by atoms with Crippen LogP contribution in [0.5, 0.6) is 0 Å². The molecule has 0 aromatic rings. The Kier molecular flexibility index (Phi) is 5.99. The van der Waals surface area contributed by atoms with Crippen LogP contribution in [0.15, 0.2) is 0 Å². The first kappa shape index (κ1) is 16.0. The van der Waals surface area contributed by atoms with Crippen molar-refractivity contribution in [3.63, 3.8) is 0 Å². The van der Waals surface area contributed by atoms with E-state index in [0.29, 0.717) is 12.8 Å². The number of nitriles is 2. The second-order valence-corrected chi connectivity index (χ2v) is 5.24. The molecular formula is C14H19N3O3. The standard InChI is InChI=1S/C14H19N3O3/c15-7-9-17(10-8-16)12(18)11-14(13(19)20)5-3-1-2-4-6-14/h1-6,9-11H2,(H,19,20). The summed E-state index contributed by atoms with van der Waals surface area (Å²) in [7, 11) is 0. The van der Waals surface area contributed by atoms with Gasteiger partial charge in [-0.2, -0.15) is 10.5 Å². The van der Waals surface area contributed by atoms with Gasteiger partial charge in [0.2, 0.25) is 5.91 Å². The van der Waals surface area contributed by atoms with Crippen LogP contribution < -0.4 is 0 Å². The number of carbonyl (C=O) groups is 2. The first-order valence-electron chi connectivity index (χ1n) is 6.81. The van der Waals surface area contributed by atoms with Gasteiger partial charge in [-0.1, -0.05) is 25.7 Å². The van der Waals surface area contributed by atoms with Crippen molar-refractivity contribution in [2.45, 2.75) is 44.9 Å². The highest BCUT2D eigenvalue weighted by molar-refractivity contribution is 5.85. The molecule has 108 valence electrons. The summed E-state index contributed by atoms with van der Waals surface area (Å²) in [5.74, 6) is -1.36. The van der Waals surface area contributed by atoms with Crippen molar-refractivity contribution in [2.75, 3.05) is 13.1 Å². The van der Waals surface area contributed by atoms with Crippen LogP contribution in [0.1, 0.15) is 44.9 Å². The zero-order valence-electron chi connectivity index (χ0n) is 11.5. The molecule has 0 saturated heterocycles. The van der Waals surface area contributed by atoms with E-state index in [1.165, 1.54) is 0 Å². The van der Waals surface area contributed by atoms with Crippen LogP contribution in [-0.4, -0.2) is 35.0 Å². The molecule has 0 aliphatic heterocycles. The monoisotopic (exact) mass is 277 g/mol. The third kappa shape index (κ3) is 3.96. The van der Waals surface area contributed by atoms with E-state index in [4.69, 9.17) is 10.5 Å². The SMILES string of the molecule is N#CCN(CC#N)C(=O)CC1(C(=O)O)CCCCCC1. The van der Waals surface area contributed by atoms with Crippen LogP contribution in [0, 0.1) is 28.1 Å². The third-order valence-corrected chi connectivity index (χ3v) is 3.88. The number of nitrogens with zero attached hydrogens (tertiary/aromatic N) is 3. The maximum Gasteiger partial charge on any atom is 0.310 e. The molecule has 1 amide bonds. The number of carbonyl (C=O) groups excluding carboxylic acids is 1. The van der Waals surface area contributed by atoms with Gasteiger partial charge in [0.05, 0.1) is 17.6 Å². The van der Waals surface area contributed by atoms with Crippen LogP contribution in [0.2, 0.25) is 0 Å². The van der Waals surface area contributed by atoms with Crippen molar-refractivity contribution in [1.29, 1.82) is 10.5 Å². The molecule has 1 rings (SSSR count). The quantitative estimate of drug-likeness (QED) is 0.608. The number of hydrogen-bond acceptors (Lipinski definition) is 4. The van der Waals surface area contributed by atoms with Gasteiger partial charge >= 0.3 is 5.97 Å². The zero-order chi connectivity index (χ0) is 15.0. The molecule has 20 heavy (non-hydrogen) atoms. The van der Waals surface area contributed by atoms with Crippen molar-refractivity contribution in [3.05, 3.63) is 0 Å². The van der Waals surface area contributed by atoms with Gasteiger partial charge in [-0.25, -0.2) is 0 Å². The van der Waals surface area contributed by atoms with Crippen LogP contribution >= 0.6 is 0 Å². The van der Waals surface area contributed by atoms with Gasteiger partial charge in [0.1, 0.15) is 13.1 Å². The molecule has 1 fully saturated rings. The Morgan fingerprint density at radius 1 is 1.05 bits per heavy atom. The topological polar surface area (TPSA) is 105 Å². The van der Waals surface area contributed by atoms with Crippen LogP contribution in [0.25, 0.3) is 0 Å². The average Bonchev–Trinajstić information content (AvgIpc) is 2.65. The molecule has 6 heteroatoms. The van der Waals surface area contributed by atoms with Crippen LogP contribution in [0.3, 0.4) is 0 Å². The van der Waals surface area contributed by atoms with Crippen LogP contribution in [0.4, 0.5) is 0 Å². The molecular weight excluding hydrogens is 258 g/mol. The highest BCUT2D eigenvalue weighted by atomic mass is 16.4. The Morgan fingerprint density at radius 2 is 1.55 bits per heavy atom. The number of rotatable bonds is 5. The van der Waals surface area contributed by atoms with Gasteiger partial charge in [-0.15, -0.1) is 0 Å². The molecule has 0 bridgehead atoms. The molecule has 1 aliphatic rings. The summed E-state index contributed by atoms with van der Waals surface area (Å²) in [5, 5.41) is 26.8. The summed E-state index contributed by atoms with van der Waals surface area (Å²) >= 11 is 0. The molecule has 0 aromatic heterocycles. The number of amides is 1. The van der Waals surface area contributed by atoms with Crippen LogP contribution in [-0.2, 0) is 9.59 Å². The minimum absolute atomic E-state index is 0.119. The second-order valence-electron chi connectivity index (χ2n) is 5.24. The van der Waals surface area contributed by atoms with Crippen molar-refractivity contribution in [2.24, 2.45) is 5.41 Å². The summed E-state index contributed by atoms with van der Waals surface area (Å²) in [6, 6.07) is 3.66. The highest BCUT2D eigenvalue weighted by Gasteiger charge is 2.41. The van der Waals surface area contributed by atoms with Gasteiger partial charge in [-0.3, -0.25) is 9.59 Å². The molecule has 0 heterocycles. The predicted octanol–water partition coefficient (Wildman–Crippen LogP) is 1.68. The molecule has 0 atom stereocenters. The molecule has 1 N–H and O–H groups in total. The van der Waals surface area contributed by atoms with E-state index in [1.807, 2.05) is 12.1 Å². The molecule has 0 radical (unpaired) electrons. The fourth-order valence-electron chi connectivity index (χ4n) is 2.68. The lowest BCUT2D eigenvalue weighted by Gasteiger charge is -2.29. The Balaban J connectivity index is 2.84. The lowest BCUT2D eigenvalue weighted by molar-refractivity contribution is -0.154. The molecule has 0 unspecified atom stereocenters. The Hall–Kier alpha value is -2.08. The zero-order valence-corrected chi connectivity index (χ0v) is 11.5. The largest absolute Gasteiger partial charge is 0.481 e. The minimum Gasteiger partial charge on any atom is -0.481 e. The van der Waals surface area contributed by atoms with Crippen molar-refractivity contribution >= 4 is 11.9 Å². The van der Waals surface area contributed by atoms with Gasteiger partial charge in [0, 0.05) is 6.42 Å². The number of carboxylic acid groups (broad SMARTS) is 1. The summed E-state index contributed by atoms with van der Waals surface area (Å²) in [6.07, 6.45) is 4.44. The predicted molar refractivity (Wildman–Crippen MR) is 70.2 cm³/mol. The van der Waals surface area contributed by atoms with Crippen molar-refractivity contribution in [3.8, 4) is 12.1 Å². The van der Waals surface area contributed by atoms with E-state index < -0.39 is 17.3 Å². The average molecular weight is 277 g/mol. The number of aliphatic carboxylic acids is 1. The molecule has 1 saturated carbocycles. The van der Waals surface area contributed by atoms with Gasteiger partial charge in [0.15, 0.2) is 0 Å². The third-order valence-electron chi connectivity index (χ3n) is 3.88. The highest BCUT2D eigenvalue weighted by Crippen LogP contribution is 2.38. The minimum atomic E-state index is -1.03. The van der Waals surface area contributed by atoms with E-state index in [9.17, 15) is 14.7 Å². The smallest absolute Gasteiger partial charge is 0.310 e. The Bertz CT molecular complexity index is 424. The summed E-state index contributed by atoms with van der Waals surface area (Å²) in [4.78, 5) is 24.9. The number of hydrogen-bond donors (Lipinski definition) is 1. The van der Waals surface area contributed by atoms with Crippen molar-refractivity contribution in [1.82, 2.24) is 4.90 Å².